The summed E-state index contributed by atoms with van der Waals surface area (Å²) < 4.78 is 5.41. The van der Waals surface area contributed by atoms with Gasteiger partial charge in [-0.3, -0.25) is 4.79 Å². The molecule has 0 aliphatic carbocycles. The molecule has 0 bridgehead atoms. The van der Waals surface area contributed by atoms with E-state index in [0.29, 0.717) is 19.6 Å². The molecule has 1 aliphatic rings. The lowest BCUT2D eigenvalue weighted by Crippen LogP contribution is -2.49. The highest BCUT2D eigenvalue weighted by atomic mass is 16.5. The van der Waals surface area contributed by atoms with Crippen LogP contribution in [0.4, 0.5) is 0 Å². The van der Waals surface area contributed by atoms with Crippen LogP contribution >= 0.6 is 0 Å². The number of nitrogens with one attached hydrogen (secondary N) is 1. The number of primary amides is 1. The van der Waals surface area contributed by atoms with Gasteiger partial charge in [-0.15, -0.1) is 0 Å². The molecule has 4 nitrogen and oxygen atoms in total. The molecule has 1 heterocycles. The topological polar surface area (TPSA) is 64.4 Å². The van der Waals surface area contributed by atoms with Gasteiger partial charge in [0.2, 0.25) is 5.91 Å². The molecule has 0 saturated carbocycles. The summed E-state index contributed by atoms with van der Waals surface area (Å²) in [5.74, 6) is -0.309. The molecule has 0 spiro atoms. The Labute approximate surface area is 66.1 Å². The van der Waals surface area contributed by atoms with Crippen LogP contribution in [-0.4, -0.2) is 31.2 Å². The number of amides is 1. The molecule has 1 fully saturated rings. The van der Waals surface area contributed by atoms with Crippen molar-refractivity contribution < 1.29 is 9.53 Å². The number of morpholine rings is 1. The van der Waals surface area contributed by atoms with Crippen LogP contribution in [0, 0.1) is 0 Å². The zero-order valence-corrected chi connectivity index (χ0v) is 6.72. The van der Waals surface area contributed by atoms with Gasteiger partial charge in [0.1, 0.15) is 0 Å². The van der Waals surface area contributed by atoms with Crippen LogP contribution in [0.3, 0.4) is 0 Å². The molecular weight excluding hydrogens is 144 g/mol. The second-order valence-electron chi connectivity index (χ2n) is 3.12. The van der Waals surface area contributed by atoms with E-state index in [4.69, 9.17) is 10.5 Å². The molecular formula is C7H14N2O2. The minimum atomic E-state index is -0.385. The van der Waals surface area contributed by atoms with Gasteiger partial charge < -0.3 is 15.8 Å². The Kier molecular flexibility index (Phi) is 2.46. The third-order valence-electron chi connectivity index (χ3n) is 1.78. The van der Waals surface area contributed by atoms with Crippen LogP contribution in [0.25, 0.3) is 0 Å². The lowest BCUT2D eigenvalue weighted by atomic mass is 10.0. The lowest BCUT2D eigenvalue weighted by molar-refractivity contribution is -0.127. The Morgan fingerprint density at radius 2 is 2.55 bits per heavy atom. The van der Waals surface area contributed by atoms with Gasteiger partial charge in [0.25, 0.3) is 0 Å². The van der Waals surface area contributed by atoms with Crippen LogP contribution < -0.4 is 11.1 Å². The van der Waals surface area contributed by atoms with Crippen molar-refractivity contribution in [3.63, 3.8) is 0 Å². The summed E-state index contributed by atoms with van der Waals surface area (Å²) in [6, 6.07) is 0. The SMILES string of the molecule is CC1(CC(N)=O)CNCCO1. The number of hydrogen-bond donors (Lipinski definition) is 2. The average molecular weight is 158 g/mol. The highest BCUT2D eigenvalue weighted by Crippen LogP contribution is 2.15. The molecule has 4 heteroatoms. The summed E-state index contributed by atoms with van der Waals surface area (Å²) in [5.41, 5.74) is 4.68. The summed E-state index contributed by atoms with van der Waals surface area (Å²) in [5, 5.41) is 3.15. The fourth-order valence-electron chi connectivity index (χ4n) is 1.26. The number of carbonyl (C=O) groups is 1. The maximum absolute atomic E-state index is 10.6. The Balaban J connectivity index is 2.43. The number of carbonyl (C=O) groups excluding carboxylic acids is 1. The van der Waals surface area contributed by atoms with Crippen LogP contribution in [-0.2, 0) is 9.53 Å². The molecule has 1 amide bonds. The minimum absolute atomic E-state index is 0.292. The fraction of sp³-hybridized carbons (Fsp3) is 0.857. The van der Waals surface area contributed by atoms with Gasteiger partial charge in [-0.25, -0.2) is 0 Å². The van der Waals surface area contributed by atoms with E-state index in [9.17, 15) is 4.79 Å². The zero-order chi connectivity index (χ0) is 8.32. The Morgan fingerprint density at radius 1 is 1.82 bits per heavy atom. The van der Waals surface area contributed by atoms with E-state index in [2.05, 4.69) is 5.32 Å². The highest BCUT2D eigenvalue weighted by Gasteiger charge is 2.29. The lowest BCUT2D eigenvalue weighted by Gasteiger charge is -2.33. The van der Waals surface area contributed by atoms with E-state index in [1.165, 1.54) is 0 Å². The van der Waals surface area contributed by atoms with Crippen molar-refractivity contribution in [1.29, 1.82) is 0 Å². The van der Waals surface area contributed by atoms with E-state index >= 15 is 0 Å². The molecule has 0 aromatic heterocycles. The fourth-order valence-corrected chi connectivity index (χ4v) is 1.26. The van der Waals surface area contributed by atoms with Crippen LogP contribution in [0.5, 0.6) is 0 Å². The Bertz CT molecular complexity index is 153. The van der Waals surface area contributed by atoms with Crippen LogP contribution in [0.2, 0.25) is 0 Å². The van der Waals surface area contributed by atoms with Crippen molar-refractivity contribution in [2.24, 2.45) is 5.73 Å². The van der Waals surface area contributed by atoms with Crippen LogP contribution in [0.1, 0.15) is 13.3 Å². The third kappa shape index (κ3) is 2.48. The van der Waals surface area contributed by atoms with E-state index in [1.807, 2.05) is 6.92 Å². The molecule has 0 radical (unpaired) electrons. The summed E-state index contributed by atoms with van der Waals surface area (Å²) in [4.78, 5) is 10.6. The minimum Gasteiger partial charge on any atom is -0.372 e. The first-order chi connectivity index (χ1) is 5.12. The predicted molar refractivity (Wildman–Crippen MR) is 41.0 cm³/mol. The molecule has 11 heavy (non-hydrogen) atoms. The Hall–Kier alpha value is -0.610. The molecule has 1 saturated heterocycles. The number of nitrogens with two attached hydrogens (primary N) is 1. The maximum Gasteiger partial charge on any atom is 0.220 e. The van der Waals surface area contributed by atoms with E-state index < -0.39 is 0 Å². The molecule has 64 valence electrons. The molecule has 1 rings (SSSR count). The number of hydrogen-bond acceptors (Lipinski definition) is 3. The van der Waals surface area contributed by atoms with E-state index in [0.717, 1.165) is 6.54 Å². The first-order valence-electron chi connectivity index (χ1n) is 3.75. The molecule has 0 aromatic rings. The third-order valence-corrected chi connectivity index (χ3v) is 1.78. The van der Waals surface area contributed by atoms with Crippen molar-refractivity contribution >= 4 is 5.91 Å². The van der Waals surface area contributed by atoms with Crippen molar-refractivity contribution in [1.82, 2.24) is 5.32 Å². The second-order valence-corrected chi connectivity index (χ2v) is 3.12. The van der Waals surface area contributed by atoms with Crippen LogP contribution in [0.15, 0.2) is 0 Å². The van der Waals surface area contributed by atoms with Gasteiger partial charge in [-0.1, -0.05) is 0 Å². The normalized spacial score (nSPS) is 31.7. The van der Waals surface area contributed by atoms with Gasteiger partial charge in [-0.05, 0) is 6.92 Å². The number of rotatable bonds is 2. The van der Waals surface area contributed by atoms with Gasteiger partial charge in [0.15, 0.2) is 0 Å². The maximum atomic E-state index is 10.6. The van der Waals surface area contributed by atoms with Gasteiger partial charge in [0.05, 0.1) is 18.6 Å². The largest absolute Gasteiger partial charge is 0.372 e. The quantitative estimate of drug-likeness (QED) is 0.555. The van der Waals surface area contributed by atoms with Gasteiger partial charge >= 0.3 is 0 Å². The summed E-state index contributed by atoms with van der Waals surface area (Å²) in [6.07, 6.45) is 0.292. The molecule has 1 aliphatic heterocycles. The van der Waals surface area contributed by atoms with E-state index in [1.54, 1.807) is 0 Å². The Morgan fingerprint density at radius 3 is 3.00 bits per heavy atom. The summed E-state index contributed by atoms with van der Waals surface area (Å²) in [6.45, 7) is 4.11. The van der Waals surface area contributed by atoms with Crippen molar-refractivity contribution in [3.8, 4) is 0 Å². The monoisotopic (exact) mass is 158 g/mol. The van der Waals surface area contributed by atoms with Crippen molar-refractivity contribution in [2.75, 3.05) is 19.7 Å². The molecule has 1 unspecified atom stereocenters. The first kappa shape index (κ1) is 8.49. The molecule has 0 aromatic carbocycles. The van der Waals surface area contributed by atoms with Crippen molar-refractivity contribution in [2.45, 2.75) is 18.9 Å². The first-order valence-corrected chi connectivity index (χ1v) is 3.75. The van der Waals surface area contributed by atoms with E-state index in [-0.39, 0.29) is 11.5 Å². The molecule has 1 atom stereocenters. The molecule has 3 N–H and O–H groups in total. The second kappa shape index (κ2) is 3.19. The van der Waals surface area contributed by atoms with Gasteiger partial charge in [0, 0.05) is 13.1 Å². The summed E-state index contributed by atoms with van der Waals surface area (Å²) in [7, 11) is 0. The highest BCUT2D eigenvalue weighted by molar-refractivity contribution is 5.74. The number of ether oxygens (including phenoxy) is 1. The van der Waals surface area contributed by atoms with Gasteiger partial charge in [-0.2, -0.15) is 0 Å². The standard InChI is InChI=1S/C7H14N2O2/c1-7(4-6(8)10)5-9-2-3-11-7/h9H,2-5H2,1H3,(H2,8,10). The zero-order valence-electron chi connectivity index (χ0n) is 6.72. The predicted octanol–water partition coefficient (Wildman–Crippen LogP) is -0.760. The van der Waals surface area contributed by atoms with Crippen molar-refractivity contribution in [3.05, 3.63) is 0 Å². The summed E-state index contributed by atoms with van der Waals surface area (Å²) >= 11 is 0. The average Bonchev–Trinajstić information content (AvgIpc) is 1.85. The smallest absolute Gasteiger partial charge is 0.220 e.